The van der Waals surface area contributed by atoms with Crippen LogP contribution in [0.1, 0.15) is 25.0 Å². The molecule has 1 N–H and O–H groups in total. The first-order valence-electron chi connectivity index (χ1n) is 10.5. The van der Waals surface area contributed by atoms with Crippen LogP contribution in [0.15, 0.2) is 42.5 Å². The topological polar surface area (TPSA) is 54.0 Å². The molecule has 0 spiro atoms. The summed E-state index contributed by atoms with van der Waals surface area (Å²) in [5.41, 5.74) is 1.78. The van der Waals surface area contributed by atoms with Gasteiger partial charge in [-0.25, -0.2) is 9.18 Å². The predicted octanol–water partition coefficient (Wildman–Crippen LogP) is 3.65. The molecule has 1 aliphatic rings. The van der Waals surface area contributed by atoms with E-state index in [2.05, 4.69) is 10.2 Å². The number of benzene rings is 2. The third kappa shape index (κ3) is 5.88. The van der Waals surface area contributed by atoms with Crippen LogP contribution < -0.4 is 14.8 Å². The van der Waals surface area contributed by atoms with Crippen molar-refractivity contribution in [3.63, 3.8) is 0 Å². The largest absolute Gasteiger partial charge is 0.497 e. The van der Waals surface area contributed by atoms with Gasteiger partial charge in [0.05, 0.1) is 14.2 Å². The molecule has 31 heavy (non-hydrogen) atoms. The highest BCUT2D eigenvalue weighted by molar-refractivity contribution is 5.74. The van der Waals surface area contributed by atoms with E-state index < -0.39 is 0 Å². The van der Waals surface area contributed by atoms with Gasteiger partial charge in [0.1, 0.15) is 17.3 Å². The number of carbonyl (C=O) groups is 1. The number of nitrogens with one attached hydrogen (secondary N) is 1. The average molecular weight is 430 g/mol. The molecule has 0 atom stereocenters. The fraction of sp³-hybridized carbons (Fsp3) is 0.458. The second-order valence-electron chi connectivity index (χ2n) is 8.49. The second kappa shape index (κ2) is 10.0. The summed E-state index contributed by atoms with van der Waals surface area (Å²) in [5, 5.41) is 3.04. The molecule has 0 bridgehead atoms. The van der Waals surface area contributed by atoms with Crippen molar-refractivity contribution in [1.82, 2.24) is 15.1 Å². The maximum absolute atomic E-state index is 13.2. The van der Waals surface area contributed by atoms with Crippen molar-refractivity contribution in [2.75, 3.05) is 46.9 Å². The first-order valence-corrected chi connectivity index (χ1v) is 10.5. The zero-order valence-corrected chi connectivity index (χ0v) is 18.8. The number of urea groups is 1. The van der Waals surface area contributed by atoms with E-state index >= 15 is 0 Å². The molecule has 1 aliphatic heterocycles. The lowest BCUT2D eigenvalue weighted by Gasteiger charge is -2.36. The minimum Gasteiger partial charge on any atom is -0.497 e. The van der Waals surface area contributed by atoms with Gasteiger partial charge in [-0.05, 0) is 35.9 Å². The highest BCUT2D eigenvalue weighted by Gasteiger charge is 2.25. The van der Waals surface area contributed by atoms with Crippen LogP contribution >= 0.6 is 0 Å². The van der Waals surface area contributed by atoms with E-state index in [1.165, 1.54) is 12.1 Å². The molecule has 7 heteroatoms. The fourth-order valence-electron chi connectivity index (χ4n) is 3.77. The van der Waals surface area contributed by atoms with Gasteiger partial charge in [0, 0.05) is 50.2 Å². The summed E-state index contributed by atoms with van der Waals surface area (Å²) in [6.45, 7) is 8.21. The highest BCUT2D eigenvalue weighted by Crippen LogP contribution is 2.26. The monoisotopic (exact) mass is 429 g/mol. The standard InChI is InChI=1S/C24H32FN3O3/c1-24(2,19-5-7-20(25)8-6-19)17-26-23(29)28-13-11-27(12-14-28)16-18-15-21(30-3)9-10-22(18)31-4/h5-10,15H,11-14,16-17H2,1-4H3,(H,26,29). The van der Waals surface area contributed by atoms with E-state index in [0.29, 0.717) is 19.6 Å². The lowest BCUT2D eigenvalue weighted by Crippen LogP contribution is -2.52. The van der Waals surface area contributed by atoms with Gasteiger partial charge >= 0.3 is 6.03 Å². The third-order valence-corrected chi connectivity index (χ3v) is 5.85. The molecule has 168 valence electrons. The SMILES string of the molecule is COc1ccc(OC)c(CN2CCN(C(=O)NCC(C)(C)c3ccc(F)cc3)CC2)c1. The molecule has 0 saturated carbocycles. The zero-order valence-electron chi connectivity index (χ0n) is 18.8. The fourth-order valence-corrected chi connectivity index (χ4v) is 3.77. The quantitative estimate of drug-likeness (QED) is 0.730. The normalized spacial score (nSPS) is 14.9. The van der Waals surface area contributed by atoms with Crippen molar-refractivity contribution in [3.8, 4) is 11.5 Å². The molecular formula is C24H32FN3O3. The Morgan fingerprint density at radius 3 is 2.32 bits per heavy atom. The van der Waals surface area contributed by atoms with Gasteiger partial charge in [-0.3, -0.25) is 4.90 Å². The molecule has 3 rings (SSSR count). The molecule has 0 aliphatic carbocycles. The number of amides is 2. The minimum absolute atomic E-state index is 0.0613. The highest BCUT2D eigenvalue weighted by atomic mass is 19.1. The molecule has 2 aromatic rings. The Hall–Kier alpha value is -2.80. The van der Waals surface area contributed by atoms with Crippen LogP contribution in [0.5, 0.6) is 11.5 Å². The molecule has 0 radical (unpaired) electrons. The summed E-state index contributed by atoms with van der Waals surface area (Å²) in [7, 11) is 3.32. The van der Waals surface area contributed by atoms with Gasteiger partial charge in [-0.15, -0.1) is 0 Å². The van der Waals surface area contributed by atoms with Gasteiger partial charge in [-0.2, -0.15) is 0 Å². The number of carbonyl (C=O) groups excluding carboxylic acids is 1. The maximum Gasteiger partial charge on any atom is 0.317 e. The Labute approximate surface area is 183 Å². The summed E-state index contributed by atoms with van der Waals surface area (Å²) >= 11 is 0. The van der Waals surface area contributed by atoms with Crippen molar-refractivity contribution in [3.05, 3.63) is 59.4 Å². The number of ether oxygens (including phenoxy) is 2. The van der Waals surface area contributed by atoms with Gasteiger partial charge in [0.2, 0.25) is 0 Å². The zero-order chi connectivity index (χ0) is 22.4. The summed E-state index contributed by atoms with van der Waals surface area (Å²) in [5.74, 6) is 1.38. The number of hydrogen-bond donors (Lipinski definition) is 1. The number of hydrogen-bond acceptors (Lipinski definition) is 4. The van der Waals surface area contributed by atoms with Crippen LogP contribution in [0.3, 0.4) is 0 Å². The van der Waals surface area contributed by atoms with Crippen LogP contribution in [-0.4, -0.2) is 62.8 Å². The Morgan fingerprint density at radius 1 is 1.03 bits per heavy atom. The first kappa shape index (κ1) is 22.9. The average Bonchev–Trinajstić information content (AvgIpc) is 2.78. The van der Waals surface area contributed by atoms with E-state index in [0.717, 1.165) is 42.3 Å². The van der Waals surface area contributed by atoms with Crippen molar-refractivity contribution in [2.45, 2.75) is 25.8 Å². The van der Waals surface area contributed by atoms with Crippen LogP contribution in [0.2, 0.25) is 0 Å². The molecule has 2 amide bonds. The van der Waals surface area contributed by atoms with Crippen molar-refractivity contribution in [1.29, 1.82) is 0 Å². The van der Waals surface area contributed by atoms with E-state index in [1.807, 2.05) is 36.9 Å². The van der Waals surface area contributed by atoms with Crippen molar-refractivity contribution >= 4 is 6.03 Å². The smallest absolute Gasteiger partial charge is 0.317 e. The Morgan fingerprint density at radius 2 is 1.71 bits per heavy atom. The number of rotatable bonds is 7. The third-order valence-electron chi connectivity index (χ3n) is 5.85. The summed E-state index contributed by atoms with van der Waals surface area (Å²) < 4.78 is 24.0. The maximum atomic E-state index is 13.2. The number of halogens is 1. The van der Waals surface area contributed by atoms with Gasteiger partial charge in [-0.1, -0.05) is 26.0 Å². The molecule has 1 saturated heterocycles. The van der Waals surface area contributed by atoms with Gasteiger partial charge in [0.25, 0.3) is 0 Å². The summed E-state index contributed by atoms with van der Waals surface area (Å²) in [6.07, 6.45) is 0. The number of piperazine rings is 1. The predicted molar refractivity (Wildman–Crippen MR) is 119 cm³/mol. The lowest BCUT2D eigenvalue weighted by atomic mass is 9.84. The van der Waals surface area contributed by atoms with Crippen molar-refractivity contribution in [2.24, 2.45) is 0 Å². The molecule has 1 heterocycles. The van der Waals surface area contributed by atoms with Crippen LogP contribution in [0.4, 0.5) is 9.18 Å². The van der Waals surface area contributed by atoms with Crippen molar-refractivity contribution < 1.29 is 18.7 Å². The molecule has 1 fully saturated rings. The minimum atomic E-state index is -0.284. The van der Waals surface area contributed by atoms with E-state index in [1.54, 1.807) is 26.4 Å². The Balaban J connectivity index is 1.50. The van der Waals surface area contributed by atoms with Gasteiger partial charge < -0.3 is 19.7 Å². The van der Waals surface area contributed by atoms with E-state index in [4.69, 9.17) is 9.47 Å². The molecule has 6 nitrogen and oxygen atoms in total. The molecular weight excluding hydrogens is 397 g/mol. The lowest BCUT2D eigenvalue weighted by molar-refractivity contribution is 0.133. The van der Waals surface area contributed by atoms with Crippen LogP contribution in [0.25, 0.3) is 0 Å². The van der Waals surface area contributed by atoms with Crippen LogP contribution in [0, 0.1) is 5.82 Å². The molecule has 0 aromatic heterocycles. The van der Waals surface area contributed by atoms with Gasteiger partial charge in [0.15, 0.2) is 0 Å². The number of nitrogens with zero attached hydrogens (tertiary/aromatic N) is 2. The summed E-state index contributed by atoms with van der Waals surface area (Å²) in [4.78, 5) is 16.8. The molecule has 0 unspecified atom stereocenters. The number of methoxy groups -OCH3 is 2. The van der Waals surface area contributed by atoms with E-state index in [9.17, 15) is 9.18 Å². The second-order valence-corrected chi connectivity index (χ2v) is 8.49. The molecule has 2 aromatic carbocycles. The Bertz CT molecular complexity index is 878. The summed E-state index contributed by atoms with van der Waals surface area (Å²) in [6, 6.07) is 12.2. The van der Waals surface area contributed by atoms with Crippen LogP contribution in [-0.2, 0) is 12.0 Å². The first-order chi connectivity index (χ1) is 14.8. The Kier molecular flexibility index (Phi) is 7.38. The van der Waals surface area contributed by atoms with E-state index in [-0.39, 0.29) is 17.3 Å².